The van der Waals surface area contributed by atoms with E-state index < -0.39 is 11.0 Å². The Balaban J connectivity index is 2.07. The van der Waals surface area contributed by atoms with Gasteiger partial charge in [-0.3, -0.25) is 9.59 Å². The molecule has 1 aliphatic heterocycles. The maximum atomic E-state index is 12.4. The van der Waals surface area contributed by atoms with Crippen LogP contribution in [0.25, 0.3) is 0 Å². The largest absolute Gasteiger partial charge is 0.469 e. The lowest BCUT2D eigenvalue weighted by Gasteiger charge is -2.56. The lowest BCUT2D eigenvalue weighted by Crippen LogP contribution is -2.56. The first kappa shape index (κ1) is 14.6. The molecule has 3 aliphatic rings. The fraction of sp³-hybridized carbons (Fsp3) is 0.765. The molecular weight excluding hydrogens is 268 g/mol. The molecule has 1 saturated heterocycles. The maximum absolute atomic E-state index is 12.4. The van der Waals surface area contributed by atoms with Crippen LogP contribution in [0.5, 0.6) is 0 Å². The summed E-state index contributed by atoms with van der Waals surface area (Å²) < 4.78 is 10.7. The summed E-state index contributed by atoms with van der Waals surface area (Å²) in [7, 11) is 1.46. The monoisotopic (exact) mass is 292 g/mol. The van der Waals surface area contributed by atoms with Gasteiger partial charge in [0.1, 0.15) is 5.60 Å². The molecule has 0 aromatic rings. The Morgan fingerprint density at radius 3 is 2.71 bits per heavy atom. The van der Waals surface area contributed by atoms with E-state index in [-0.39, 0.29) is 29.2 Å². The van der Waals surface area contributed by atoms with Crippen LogP contribution in [0.4, 0.5) is 0 Å². The first-order chi connectivity index (χ1) is 9.76. The van der Waals surface area contributed by atoms with Gasteiger partial charge in [0.2, 0.25) is 0 Å². The van der Waals surface area contributed by atoms with E-state index in [0.717, 1.165) is 19.3 Å². The number of ether oxygens (including phenoxy) is 2. The van der Waals surface area contributed by atoms with Crippen molar-refractivity contribution in [2.24, 2.45) is 22.7 Å². The molecule has 0 bridgehead atoms. The fourth-order valence-corrected chi connectivity index (χ4v) is 5.21. The molecule has 116 valence electrons. The molecule has 0 radical (unpaired) electrons. The van der Waals surface area contributed by atoms with Crippen molar-refractivity contribution >= 4 is 11.9 Å². The van der Waals surface area contributed by atoms with Crippen LogP contribution in [-0.2, 0) is 19.1 Å². The van der Waals surface area contributed by atoms with Crippen molar-refractivity contribution in [3.05, 3.63) is 12.2 Å². The van der Waals surface area contributed by atoms with Gasteiger partial charge >= 0.3 is 11.9 Å². The normalized spacial score (nSPS) is 48.3. The number of fused-ring (bicyclic) bond motifs is 3. The minimum absolute atomic E-state index is 0.0961. The molecule has 0 N–H and O–H groups in total. The van der Waals surface area contributed by atoms with Crippen molar-refractivity contribution in [1.29, 1.82) is 0 Å². The molecule has 4 heteroatoms. The van der Waals surface area contributed by atoms with E-state index in [0.29, 0.717) is 6.42 Å². The molecule has 2 fully saturated rings. The molecule has 1 heterocycles. The highest BCUT2D eigenvalue weighted by atomic mass is 16.6. The van der Waals surface area contributed by atoms with Gasteiger partial charge in [-0.25, -0.2) is 0 Å². The summed E-state index contributed by atoms with van der Waals surface area (Å²) in [6.07, 6.45) is 7.39. The molecule has 4 nitrogen and oxygen atoms in total. The Kier molecular flexibility index (Phi) is 3.02. The Labute approximate surface area is 125 Å². The van der Waals surface area contributed by atoms with Crippen molar-refractivity contribution in [3.63, 3.8) is 0 Å². The van der Waals surface area contributed by atoms with E-state index >= 15 is 0 Å². The average molecular weight is 292 g/mol. The van der Waals surface area contributed by atoms with E-state index in [9.17, 15) is 9.59 Å². The summed E-state index contributed by atoms with van der Waals surface area (Å²) in [5.41, 5.74) is -1.13. The van der Waals surface area contributed by atoms with Gasteiger partial charge < -0.3 is 9.47 Å². The molecule has 0 aromatic carbocycles. The number of hydrogen-bond acceptors (Lipinski definition) is 4. The predicted molar refractivity (Wildman–Crippen MR) is 77.3 cm³/mol. The van der Waals surface area contributed by atoms with Crippen LogP contribution in [0, 0.1) is 22.7 Å². The third kappa shape index (κ3) is 1.80. The summed E-state index contributed by atoms with van der Waals surface area (Å²) >= 11 is 0. The highest BCUT2D eigenvalue weighted by Gasteiger charge is 2.63. The Morgan fingerprint density at radius 2 is 2.05 bits per heavy atom. The zero-order chi connectivity index (χ0) is 15.5. The van der Waals surface area contributed by atoms with Crippen LogP contribution in [0.15, 0.2) is 12.2 Å². The quantitative estimate of drug-likeness (QED) is 0.551. The standard InChI is InChI=1S/C17H24O4/c1-15-7-5-8-16(2,14(19)20-4)11(15)6-9-17(3)12(15)10-13(18)21-17/h6,9,11-12H,5,7-8,10H2,1-4H3/t11-,12?,15+,16+,17+/m1/s1. The second-order valence-electron chi connectivity index (χ2n) is 7.52. The van der Waals surface area contributed by atoms with Gasteiger partial charge in [-0.2, -0.15) is 0 Å². The van der Waals surface area contributed by atoms with E-state index in [1.165, 1.54) is 7.11 Å². The minimum atomic E-state index is -0.517. The molecule has 1 saturated carbocycles. The Bertz CT molecular complexity index is 525. The van der Waals surface area contributed by atoms with Crippen LogP contribution in [-0.4, -0.2) is 24.6 Å². The van der Waals surface area contributed by atoms with Gasteiger partial charge in [0.25, 0.3) is 0 Å². The fourth-order valence-electron chi connectivity index (χ4n) is 5.21. The number of esters is 2. The van der Waals surface area contributed by atoms with Gasteiger partial charge in [-0.1, -0.05) is 19.4 Å². The zero-order valence-corrected chi connectivity index (χ0v) is 13.3. The zero-order valence-electron chi connectivity index (χ0n) is 13.3. The molecule has 1 unspecified atom stereocenters. The first-order valence-corrected chi connectivity index (χ1v) is 7.76. The number of rotatable bonds is 1. The second-order valence-corrected chi connectivity index (χ2v) is 7.52. The lowest BCUT2D eigenvalue weighted by atomic mass is 9.47. The first-order valence-electron chi connectivity index (χ1n) is 7.76. The summed E-state index contributed by atoms with van der Waals surface area (Å²) in [5, 5.41) is 0. The lowest BCUT2D eigenvalue weighted by molar-refractivity contribution is -0.167. The van der Waals surface area contributed by atoms with Crippen LogP contribution in [0.1, 0.15) is 46.5 Å². The van der Waals surface area contributed by atoms with Crippen molar-refractivity contribution in [2.45, 2.75) is 52.1 Å². The van der Waals surface area contributed by atoms with Crippen LogP contribution in [0.3, 0.4) is 0 Å². The third-order valence-electron chi connectivity index (χ3n) is 6.27. The van der Waals surface area contributed by atoms with E-state index in [1.807, 2.05) is 19.9 Å². The topological polar surface area (TPSA) is 52.6 Å². The summed E-state index contributed by atoms with van der Waals surface area (Å²) in [6.45, 7) is 6.21. The molecule has 2 aliphatic carbocycles. The van der Waals surface area contributed by atoms with E-state index in [2.05, 4.69) is 13.0 Å². The Hall–Kier alpha value is -1.32. The SMILES string of the molecule is COC(=O)[C@@]1(C)CCC[C@]2(C)C3CC(=O)O[C@@]3(C)C=C[C@@H]12. The number of methoxy groups -OCH3 is 1. The number of hydrogen-bond donors (Lipinski definition) is 0. The van der Waals surface area contributed by atoms with Gasteiger partial charge in [-0.15, -0.1) is 0 Å². The van der Waals surface area contributed by atoms with Crippen LogP contribution < -0.4 is 0 Å². The number of carbonyl (C=O) groups excluding carboxylic acids is 2. The predicted octanol–water partition coefficient (Wildman–Crippen LogP) is 2.86. The van der Waals surface area contributed by atoms with Crippen LogP contribution in [0.2, 0.25) is 0 Å². The summed E-state index contributed by atoms with van der Waals surface area (Å²) in [6, 6.07) is 0. The van der Waals surface area contributed by atoms with Gasteiger partial charge in [0.15, 0.2) is 0 Å². The number of allylic oxidation sites excluding steroid dienone is 1. The summed E-state index contributed by atoms with van der Waals surface area (Å²) in [5.74, 6) is -0.0353. The smallest absolute Gasteiger partial charge is 0.312 e. The highest BCUT2D eigenvalue weighted by Crippen LogP contribution is 2.62. The molecule has 3 rings (SSSR count). The van der Waals surface area contributed by atoms with Gasteiger partial charge in [0.05, 0.1) is 18.9 Å². The van der Waals surface area contributed by atoms with E-state index in [4.69, 9.17) is 9.47 Å². The van der Waals surface area contributed by atoms with Crippen molar-refractivity contribution in [1.82, 2.24) is 0 Å². The average Bonchev–Trinajstić information content (AvgIpc) is 2.73. The van der Waals surface area contributed by atoms with Crippen LogP contribution >= 0.6 is 0 Å². The van der Waals surface area contributed by atoms with Crippen molar-refractivity contribution in [3.8, 4) is 0 Å². The molecule has 0 amide bonds. The van der Waals surface area contributed by atoms with Crippen molar-refractivity contribution in [2.75, 3.05) is 7.11 Å². The Morgan fingerprint density at radius 1 is 1.33 bits per heavy atom. The van der Waals surface area contributed by atoms with Gasteiger partial charge in [0, 0.05) is 5.92 Å². The molecule has 5 atom stereocenters. The van der Waals surface area contributed by atoms with Gasteiger partial charge in [-0.05, 0) is 44.1 Å². The summed E-state index contributed by atoms with van der Waals surface area (Å²) in [4.78, 5) is 24.2. The number of carbonyl (C=O) groups is 2. The molecular formula is C17H24O4. The second kappa shape index (κ2) is 4.34. The third-order valence-corrected chi connectivity index (χ3v) is 6.27. The van der Waals surface area contributed by atoms with Crippen molar-refractivity contribution < 1.29 is 19.1 Å². The highest BCUT2D eigenvalue weighted by molar-refractivity contribution is 5.78. The minimum Gasteiger partial charge on any atom is -0.469 e. The molecule has 21 heavy (non-hydrogen) atoms. The molecule has 0 spiro atoms. The molecule has 0 aromatic heterocycles. The van der Waals surface area contributed by atoms with E-state index in [1.54, 1.807) is 0 Å². The maximum Gasteiger partial charge on any atom is 0.312 e.